The Balaban J connectivity index is 4.98. The molecule has 1 atom stereocenters. The van der Waals surface area contributed by atoms with E-state index >= 15 is 0 Å². The van der Waals surface area contributed by atoms with Gasteiger partial charge in [-0.2, -0.15) is 0 Å². The lowest BCUT2D eigenvalue weighted by molar-refractivity contribution is 1.28. The van der Waals surface area contributed by atoms with Crippen molar-refractivity contribution in [1.82, 2.24) is 0 Å². The van der Waals surface area contributed by atoms with Crippen molar-refractivity contribution in [3.8, 4) is 0 Å². The highest BCUT2D eigenvalue weighted by molar-refractivity contribution is 7.23. The normalized spacial score (nSPS) is 14.3. The molecule has 0 amide bonds. The zero-order chi connectivity index (χ0) is 12.6. The molecule has 0 heterocycles. The van der Waals surface area contributed by atoms with E-state index in [2.05, 4.69) is 22.4 Å². The van der Waals surface area contributed by atoms with Crippen LogP contribution in [0.15, 0.2) is 71.8 Å². The number of hydrogen-bond acceptors (Lipinski definition) is 1. The molecule has 0 bridgehead atoms. The van der Waals surface area contributed by atoms with E-state index in [-0.39, 0.29) is 0 Å². The lowest BCUT2D eigenvalue weighted by Gasteiger charge is -2.08. The summed E-state index contributed by atoms with van der Waals surface area (Å²) in [5, 5.41) is 1.06. The summed E-state index contributed by atoms with van der Waals surface area (Å²) in [5.74, 6) is 0. The fraction of sp³-hybridized carbons (Fsp3) is 0.143. The lowest BCUT2D eigenvalue weighted by atomic mass is 10.1. The third-order valence-electron chi connectivity index (χ3n) is 2.11. The minimum atomic E-state index is 0.683. The highest BCUT2D eigenvalue weighted by Gasteiger charge is 2.02. The zero-order valence-corrected chi connectivity index (χ0v) is 11.2. The maximum atomic E-state index is 5.89. The van der Waals surface area contributed by atoms with E-state index in [0.29, 0.717) is 5.70 Å². The Bertz CT molecular complexity index is 382. The monoisotopic (exact) mass is 233 g/mol. The molecule has 2 N–H and O–H groups in total. The van der Waals surface area contributed by atoms with Crippen molar-refractivity contribution in [2.75, 3.05) is 0 Å². The van der Waals surface area contributed by atoms with E-state index in [1.165, 1.54) is 0 Å². The van der Waals surface area contributed by atoms with Gasteiger partial charge in [-0.05, 0) is 36.4 Å². The Labute approximate surface area is 101 Å². The highest BCUT2D eigenvalue weighted by atomic mass is 31.0. The van der Waals surface area contributed by atoms with Crippen LogP contribution in [0, 0.1) is 0 Å². The summed E-state index contributed by atoms with van der Waals surface area (Å²) in [6, 6.07) is 0. The van der Waals surface area contributed by atoms with Crippen molar-refractivity contribution in [2.24, 2.45) is 5.73 Å². The van der Waals surface area contributed by atoms with Gasteiger partial charge in [0.05, 0.1) is 0 Å². The molecule has 1 unspecified atom stereocenters. The molecule has 0 aromatic carbocycles. The fourth-order valence-electron chi connectivity index (χ4n) is 0.988. The van der Waals surface area contributed by atoms with Crippen molar-refractivity contribution in [3.63, 3.8) is 0 Å². The summed E-state index contributed by atoms with van der Waals surface area (Å²) in [7, 11) is 2.67. The summed E-state index contributed by atoms with van der Waals surface area (Å²) in [6.45, 7) is 11.5. The minimum absolute atomic E-state index is 0.683. The molecule has 16 heavy (non-hydrogen) atoms. The summed E-state index contributed by atoms with van der Waals surface area (Å²) < 4.78 is 0. The predicted molar refractivity (Wildman–Crippen MR) is 78.0 cm³/mol. The smallest absolute Gasteiger partial charge is 0.0384 e. The fourth-order valence-corrected chi connectivity index (χ4v) is 1.27. The van der Waals surface area contributed by atoms with E-state index in [9.17, 15) is 0 Å². The van der Waals surface area contributed by atoms with Gasteiger partial charge in [-0.15, -0.1) is 9.24 Å². The van der Waals surface area contributed by atoms with Crippen LogP contribution in [0.3, 0.4) is 0 Å². The Hall–Kier alpha value is -1.33. The van der Waals surface area contributed by atoms with Crippen LogP contribution in [0.1, 0.15) is 13.8 Å². The first kappa shape index (κ1) is 14.7. The molecule has 0 aliphatic carbocycles. The van der Waals surface area contributed by atoms with Gasteiger partial charge in [-0.1, -0.05) is 43.5 Å². The predicted octanol–water partition coefficient (Wildman–Crippen LogP) is 3.85. The zero-order valence-electron chi connectivity index (χ0n) is 10.0. The van der Waals surface area contributed by atoms with Gasteiger partial charge in [0.15, 0.2) is 0 Å². The molecular weight excluding hydrogens is 213 g/mol. The maximum Gasteiger partial charge on any atom is 0.0384 e. The van der Waals surface area contributed by atoms with E-state index in [0.717, 1.165) is 16.5 Å². The molecule has 86 valence electrons. The number of hydrogen-bond donors (Lipinski definition) is 1. The molecular formula is C14H20NP. The lowest BCUT2D eigenvalue weighted by Crippen LogP contribution is -2.01. The summed E-state index contributed by atoms with van der Waals surface area (Å²) in [4.78, 5) is 0. The Kier molecular flexibility index (Phi) is 7.24. The van der Waals surface area contributed by atoms with Gasteiger partial charge in [0.2, 0.25) is 0 Å². The van der Waals surface area contributed by atoms with Crippen LogP contribution in [0.4, 0.5) is 0 Å². The van der Waals surface area contributed by atoms with Crippen LogP contribution in [-0.2, 0) is 0 Å². The molecule has 0 spiro atoms. The van der Waals surface area contributed by atoms with E-state index < -0.39 is 0 Å². The van der Waals surface area contributed by atoms with E-state index in [1.807, 2.05) is 44.2 Å². The average molecular weight is 233 g/mol. The Morgan fingerprint density at radius 3 is 2.44 bits per heavy atom. The standard InChI is InChI=1S/C14H20NP/c1-5-7-9-13(15)11(3)12(4)14(16)10-8-6-2/h5-10H,2-3,15-16H2,1,4H3/b7-5-,10-8-,13-9+,14-12-. The quantitative estimate of drug-likeness (QED) is 0.566. The Morgan fingerprint density at radius 2 is 1.94 bits per heavy atom. The van der Waals surface area contributed by atoms with Crippen LogP contribution in [0.2, 0.25) is 0 Å². The number of allylic oxidation sites excluding steroid dienone is 8. The van der Waals surface area contributed by atoms with E-state index in [4.69, 9.17) is 5.73 Å². The van der Waals surface area contributed by atoms with Crippen molar-refractivity contribution in [3.05, 3.63) is 71.8 Å². The van der Waals surface area contributed by atoms with Crippen LogP contribution in [-0.4, -0.2) is 0 Å². The summed E-state index contributed by atoms with van der Waals surface area (Å²) >= 11 is 0. The number of nitrogens with two attached hydrogens (primary N) is 1. The van der Waals surface area contributed by atoms with Crippen molar-refractivity contribution >= 4 is 9.24 Å². The SMILES string of the molecule is C=C/C=C\C(P)=C(/C)C(=C)/C(N)=C\C=C/C. The molecule has 0 saturated heterocycles. The molecule has 0 aromatic heterocycles. The van der Waals surface area contributed by atoms with Gasteiger partial charge in [0.1, 0.15) is 0 Å². The minimum Gasteiger partial charge on any atom is -0.398 e. The first-order chi connectivity index (χ1) is 7.54. The van der Waals surface area contributed by atoms with Crippen LogP contribution in [0.25, 0.3) is 0 Å². The second-order valence-corrected chi connectivity index (χ2v) is 3.92. The topological polar surface area (TPSA) is 26.0 Å². The molecule has 0 aromatic rings. The molecule has 0 radical (unpaired) electrons. The van der Waals surface area contributed by atoms with Crippen molar-refractivity contribution < 1.29 is 0 Å². The molecule has 0 rings (SSSR count). The molecule has 2 heteroatoms. The van der Waals surface area contributed by atoms with Crippen LogP contribution < -0.4 is 5.73 Å². The molecule has 0 aliphatic rings. The van der Waals surface area contributed by atoms with Crippen LogP contribution in [0.5, 0.6) is 0 Å². The second kappa shape index (κ2) is 7.90. The largest absolute Gasteiger partial charge is 0.398 e. The third-order valence-corrected chi connectivity index (χ3v) is 2.74. The maximum absolute atomic E-state index is 5.89. The molecule has 1 nitrogen and oxygen atoms in total. The van der Waals surface area contributed by atoms with E-state index in [1.54, 1.807) is 6.08 Å². The number of rotatable bonds is 5. The van der Waals surface area contributed by atoms with Crippen LogP contribution >= 0.6 is 9.24 Å². The Morgan fingerprint density at radius 1 is 1.31 bits per heavy atom. The van der Waals surface area contributed by atoms with Gasteiger partial charge < -0.3 is 5.73 Å². The third kappa shape index (κ3) is 4.95. The van der Waals surface area contributed by atoms with Gasteiger partial charge in [-0.25, -0.2) is 0 Å². The van der Waals surface area contributed by atoms with Gasteiger partial charge >= 0.3 is 0 Å². The van der Waals surface area contributed by atoms with Gasteiger partial charge in [0, 0.05) is 5.70 Å². The molecule has 0 fully saturated rings. The summed E-state index contributed by atoms with van der Waals surface area (Å²) in [5.41, 5.74) is 8.48. The molecule has 0 aliphatic heterocycles. The van der Waals surface area contributed by atoms with Gasteiger partial charge in [0.25, 0.3) is 0 Å². The molecule has 0 saturated carbocycles. The first-order valence-corrected chi connectivity index (χ1v) is 5.65. The van der Waals surface area contributed by atoms with Crippen molar-refractivity contribution in [2.45, 2.75) is 13.8 Å². The highest BCUT2D eigenvalue weighted by Crippen LogP contribution is 2.22. The summed E-state index contributed by atoms with van der Waals surface area (Å²) in [6.07, 6.45) is 11.3. The van der Waals surface area contributed by atoms with Crippen molar-refractivity contribution in [1.29, 1.82) is 0 Å². The first-order valence-electron chi connectivity index (χ1n) is 5.08. The average Bonchev–Trinajstić information content (AvgIpc) is 2.30. The van der Waals surface area contributed by atoms with Gasteiger partial charge in [-0.3, -0.25) is 0 Å². The second-order valence-electron chi connectivity index (χ2n) is 3.30.